The van der Waals surface area contributed by atoms with Crippen LogP contribution in [0.1, 0.15) is 26.2 Å². The third-order valence-corrected chi connectivity index (χ3v) is 3.83. The van der Waals surface area contributed by atoms with Gasteiger partial charge in [0.15, 0.2) is 0 Å². The highest BCUT2D eigenvalue weighted by Crippen LogP contribution is 2.29. The van der Waals surface area contributed by atoms with E-state index >= 15 is 0 Å². The van der Waals surface area contributed by atoms with E-state index in [2.05, 4.69) is 12.2 Å². The molecule has 2 atom stereocenters. The topological polar surface area (TPSA) is 46.2 Å². The summed E-state index contributed by atoms with van der Waals surface area (Å²) in [6.45, 7) is 3.88. The largest absolute Gasteiger partial charge is 0.315 e. The first-order valence-corrected chi connectivity index (χ1v) is 7.42. The maximum atomic E-state index is 10.8. The Kier molecular flexibility index (Phi) is 4.38. The van der Waals surface area contributed by atoms with Crippen LogP contribution in [0.25, 0.3) is 0 Å². The van der Waals surface area contributed by atoms with E-state index < -0.39 is 9.84 Å². The van der Waals surface area contributed by atoms with E-state index in [4.69, 9.17) is 0 Å². The number of sulfone groups is 1. The summed E-state index contributed by atoms with van der Waals surface area (Å²) in [5.74, 6) is 1.89. The predicted octanol–water partition coefficient (Wildman–Crippen LogP) is 1.06. The van der Waals surface area contributed by atoms with Gasteiger partial charge >= 0.3 is 0 Å². The predicted molar refractivity (Wildman–Crippen MR) is 59.1 cm³/mol. The maximum absolute atomic E-state index is 10.8. The highest BCUT2D eigenvalue weighted by Gasteiger charge is 2.20. The van der Waals surface area contributed by atoms with Crippen molar-refractivity contribution >= 4 is 9.84 Å². The summed E-state index contributed by atoms with van der Waals surface area (Å²) in [6.07, 6.45) is 5.21. The lowest BCUT2D eigenvalue weighted by molar-refractivity contribution is 0.477. The molecule has 0 heterocycles. The fraction of sp³-hybridized carbons (Fsp3) is 1.00. The first-order chi connectivity index (χ1) is 6.47. The summed E-state index contributed by atoms with van der Waals surface area (Å²) in [5, 5.41) is 3.23. The zero-order chi connectivity index (χ0) is 10.6. The van der Waals surface area contributed by atoms with Gasteiger partial charge in [0, 0.05) is 12.8 Å². The van der Waals surface area contributed by atoms with Gasteiger partial charge in [0.05, 0.1) is 5.75 Å². The van der Waals surface area contributed by atoms with Crippen LogP contribution in [0.2, 0.25) is 0 Å². The Morgan fingerprint density at radius 2 is 2.07 bits per heavy atom. The van der Waals surface area contributed by atoms with E-state index in [1.54, 1.807) is 0 Å². The summed E-state index contributed by atoms with van der Waals surface area (Å²) in [4.78, 5) is 0. The fourth-order valence-corrected chi connectivity index (χ4v) is 2.59. The average Bonchev–Trinajstić information content (AvgIpc) is 2.44. The molecule has 2 unspecified atom stereocenters. The van der Waals surface area contributed by atoms with Crippen molar-refractivity contribution in [1.82, 2.24) is 5.32 Å². The van der Waals surface area contributed by atoms with Crippen LogP contribution in [-0.2, 0) is 9.84 Å². The molecule has 1 fully saturated rings. The Morgan fingerprint density at radius 3 is 2.57 bits per heavy atom. The lowest BCUT2D eigenvalue weighted by atomic mass is 10.1. The number of hydrogen-bond acceptors (Lipinski definition) is 3. The molecule has 3 nitrogen and oxygen atoms in total. The van der Waals surface area contributed by atoms with Crippen LogP contribution >= 0.6 is 0 Å². The van der Waals surface area contributed by atoms with Crippen LogP contribution in [-0.4, -0.2) is 33.5 Å². The van der Waals surface area contributed by atoms with Crippen molar-refractivity contribution in [3.8, 4) is 0 Å². The summed E-state index contributed by atoms with van der Waals surface area (Å²) in [7, 11) is -2.79. The molecule has 0 amide bonds. The normalized spacial score (nSPS) is 28.1. The first kappa shape index (κ1) is 12.0. The molecule has 0 aromatic rings. The lowest BCUT2D eigenvalue weighted by Gasteiger charge is -2.10. The van der Waals surface area contributed by atoms with Crippen molar-refractivity contribution < 1.29 is 8.42 Å². The molecule has 0 aromatic carbocycles. The van der Waals surface area contributed by atoms with E-state index in [1.807, 2.05) is 0 Å². The van der Waals surface area contributed by atoms with Crippen LogP contribution < -0.4 is 5.32 Å². The van der Waals surface area contributed by atoms with Gasteiger partial charge in [-0.05, 0) is 31.2 Å². The van der Waals surface area contributed by atoms with E-state index in [1.165, 1.54) is 25.5 Å². The zero-order valence-electron chi connectivity index (χ0n) is 9.12. The second-order valence-electron chi connectivity index (χ2n) is 4.62. The molecule has 0 spiro atoms. The quantitative estimate of drug-likeness (QED) is 0.703. The van der Waals surface area contributed by atoms with E-state index in [0.717, 1.165) is 18.4 Å². The van der Waals surface area contributed by atoms with Crippen molar-refractivity contribution in [3.63, 3.8) is 0 Å². The number of hydrogen-bond donors (Lipinski definition) is 1. The molecule has 1 N–H and O–H groups in total. The highest BCUT2D eigenvalue weighted by molar-refractivity contribution is 7.90. The van der Waals surface area contributed by atoms with Crippen molar-refractivity contribution in [1.29, 1.82) is 0 Å². The van der Waals surface area contributed by atoms with Gasteiger partial charge in [-0.3, -0.25) is 0 Å². The van der Waals surface area contributed by atoms with Crippen molar-refractivity contribution in [2.24, 2.45) is 11.8 Å². The Bertz CT molecular complexity index is 261. The van der Waals surface area contributed by atoms with Crippen molar-refractivity contribution in [3.05, 3.63) is 0 Å². The molecular weight excluding hydrogens is 198 g/mol. The Labute approximate surface area is 87.2 Å². The lowest BCUT2D eigenvalue weighted by Crippen LogP contribution is -2.26. The van der Waals surface area contributed by atoms with Crippen molar-refractivity contribution in [2.75, 3.05) is 25.1 Å². The summed E-state index contributed by atoms with van der Waals surface area (Å²) >= 11 is 0. The molecule has 0 aromatic heterocycles. The molecule has 14 heavy (non-hydrogen) atoms. The number of nitrogens with one attached hydrogen (secondary N) is 1. The van der Waals surface area contributed by atoms with Gasteiger partial charge in [0.25, 0.3) is 0 Å². The van der Waals surface area contributed by atoms with Gasteiger partial charge in [-0.15, -0.1) is 0 Å². The number of rotatable bonds is 5. The highest BCUT2D eigenvalue weighted by atomic mass is 32.2. The van der Waals surface area contributed by atoms with Crippen LogP contribution in [0.3, 0.4) is 0 Å². The van der Waals surface area contributed by atoms with Gasteiger partial charge in [-0.1, -0.05) is 13.3 Å². The minimum absolute atomic E-state index is 0.259. The molecule has 1 aliphatic rings. The monoisotopic (exact) mass is 219 g/mol. The summed E-state index contributed by atoms with van der Waals surface area (Å²) < 4.78 is 21.7. The van der Waals surface area contributed by atoms with Crippen LogP contribution in [0.5, 0.6) is 0 Å². The molecule has 1 aliphatic carbocycles. The molecule has 4 heteroatoms. The van der Waals surface area contributed by atoms with Gasteiger partial charge in [0.2, 0.25) is 0 Å². The van der Waals surface area contributed by atoms with Gasteiger partial charge in [0.1, 0.15) is 9.84 Å². The minimum Gasteiger partial charge on any atom is -0.315 e. The standard InChI is InChI=1S/C10H21NO2S/c1-9-3-4-10(7-9)8-11-5-6-14(2,12)13/h9-11H,3-8H2,1-2H3. The van der Waals surface area contributed by atoms with E-state index in [9.17, 15) is 8.42 Å². The third kappa shape index (κ3) is 4.96. The van der Waals surface area contributed by atoms with Gasteiger partial charge < -0.3 is 5.32 Å². The molecule has 1 rings (SSSR count). The van der Waals surface area contributed by atoms with Crippen LogP contribution in [0.4, 0.5) is 0 Å². The van der Waals surface area contributed by atoms with Crippen LogP contribution in [0.15, 0.2) is 0 Å². The molecular formula is C10H21NO2S. The van der Waals surface area contributed by atoms with Gasteiger partial charge in [-0.2, -0.15) is 0 Å². The SMILES string of the molecule is CC1CCC(CNCCS(C)(=O)=O)C1. The fourth-order valence-electron chi connectivity index (χ4n) is 2.07. The Hall–Kier alpha value is -0.0900. The Balaban J connectivity index is 2.05. The van der Waals surface area contributed by atoms with Gasteiger partial charge in [-0.25, -0.2) is 8.42 Å². The van der Waals surface area contributed by atoms with Crippen molar-refractivity contribution in [2.45, 2.75) is 26.2 Å². The minimum atomic E-state index is -2.79. The average molecular weight is 219 g/mol. The molecule has 0 radical (unpaired) electrons. The Morgan fingerprint density at radius 1 is 1.36 bits per heavy atom. The summed E-state index contributed by atoms with van der Waals surface area (Å²) in [6, 6.07) is 0. The van der Waals surface area contributed by atoms with E-state index in [0.29, 0.717) is 6.54 Å². The van der Waals surface area contributed by atoms with E-state index in [-0.39, 0.29) is 5.75 Å². The zero-order valence-corrected chi connectivity index (χ0v) is 9.94. The summed E-state index contributed by atoms with van der Waals surface area (Å²) in [5.41, 5.74) is 0. The molecule has 0 aliphatic heterocycles. The maximum Gasteiger partial charge on any atom is 0.148 e. The second kappa shape index (κ2) is 5.12. The van der Waals surface area contributed by atoms with Crippen LogP contribution in [0, 0.1) is 11.8 Å². The second-order valence-corrected chi connectivity index (χ2v) is 6.88. The third-order valence-electron chi connectivity index (χ3n) is 2.89. The smallest absolute Gasteiger partial charge is 0.148 e. The molecule has 1 saturated carbocycles. The molecule has 0 saturated heterocycles. The molecule has 84 valence electrons. The first-order valence-electron chi connectivity index (χ1n) is 5.36. The molecule has 0 bridgehead atoms.